The fourth-order valence-corrected chi connectivity index (χ4v) is 2.68. The first kappa shape index (κ1) is 14.4. The van der Waals surface area contributed by atoms with Gasteiger partial charge < -0.3 is 4.90 Å². The van der Waals surface area contributed by atoms with Crippen molar-refractivity contribution in [2.24, 2.45) is 0 Å². The summed E-state index contributed by atoms with van der Waals surface area (Å²) in [5.74, 6) is 0.596. The molecule has 4 heteroatoms. The third-order valence-corrected chi connectivity index (χ3v) is 3.84. The van der Waals surface area contributed by atoms with E-state index in [1.54, 1.807) is 0 Å². The number of amides is 1. The maximum absolute atomic E-state index is 11.8. The number of piperazine rings is 1. The SMILES string of the molecule is CC1CN(C(=O)CCCl)CCN1Cc1ccccc1. The van der Waals surface area contributed by atoms with E-state index in [0.29, 0.717) is 18.3 Å². The Bertz CT molecular complexity index is 410. The van der Waals surface area contributed by atoms with Crippen molar-refractivity contribution in [3.63, 3.8) is 0 Å². The lowest BCUT2D eigenvalue weighted by Gasteiger charge is -2.40. The van der Waals surface area contributed by atoms with Crippen molar-refractivity contribution in [2.75, 3.05) is 25.5 Å². The molecule has 0 aromatic heterocycles. The van der Waals surface area contributed by atoms with Gasteiger partial charge >= 0.3 is 0 Å². The summed E-state index contributed by atoms with van der Waals surface area (Å²) in [6.07, 6.45) is 0.451. The van der Waals surface area contributed by atoms with Crippen molar-refractivity contribution in [1.29, 1.82) is 0 Å². The standard InChI is InChI=1S/C15H21ClN2O/c1-13-11-18(15(19)7-8-16)10-9-17(13)12-14-5-3-2-4-6-14/h2-6,13H,7-12H2,1H3. The van der Waals surface area contributed by atoms with Crippen molar-refractivity contribution >= 4 is 17.5 Å². The molecule has 1 fully saturated rings. The van der Waals surface area contributed by atoms with E-state index in [-0.39, 0.29) is 5.91 Å². The summed E-state index contributed by atoms with van der Waals surface area (Å²) in [5, 5.41) is 0. The smallest absolute Gasteiger partial charge is 0.223 e. The topological polar surface area (TPSA) is 23.6 Å². The first-order valence-corrected chi connectivity index (χ1v) is 7.36. The molecule has 1 heterocycles. The molecule has 1 amide bonds. The van der Waals surface area contributed by atoms with Crippen LogP contribution >= 0.6 is 11.6 Å². The number of benzene rings is 1. The number of hydrogen-bond acceptors (Lipinski definition) is 2. The molecule has 0 N–H and O–H groups in total. The van der Waals surface area contributed by atoms with Gasteiger partial charge in [0.25, 0.3) is 0 Å². The Morgan fingerprint density at radius 3 is 2.68 bits per heavy atom. The van der Waals surface area contributed by atoms with Crippen molar-refractivity contribution in [3.05, 3.63) is 35.9 Å². The zero-order chi connectivity index (χ0) is 13.7. The molecule has 0 spiro atoms. The number of nitrogens with zero attached hydrogens (tertiary/aromatic N) is 2. The molecule has 19 heavy (non-hydrogen) atoms. The van der Waals surface area contributed by atoms with E-state index in [0.717, 1.165) is 26.2 Å². The molecule has 1 aromatic rings. The van der Waals surface area contributed by atoms with Gasteiger partial charge in [-0.3, -0.25) is 9.69 Å². The van der Waals surface area contributed by atoms with Crippen LogP contribution in [0.4, 0.5) is 0 Å². The molecule has 3 nitrogen and oxygen atoms in total. The minimum absolute atomic E-state index is 0.182. The summed E-state index contributed by atoms with van der Waals surface area (Å²) in [7, 11) is 0. The first-order chi connectivity index (χ1) is 9.20. The largest absolute Gasteiger partial charge is 0.340 e. The van der Waals surface area contributed by atoms with E-state index < -0.39 is 0 Å². The highest BCUT2D eigenvalue weighted by molar-refractivity contribution is 6.18. The van der Waals surface area contributed by atoms with Gasteiger partial charge in [0, 0.05) is 44.5 Å². The van der Waals surface area contributed by atoms with Gasteiger partial charge in [-0.2, -0.15) is 0 Å². The zero-order valence-electron chi connectivity index (χ0n) is 11.4. The predicted octanol–water partition coefficient (Wildman–Crippen LogP) is 2.35. The monoisotopic (exact) mass is 280 g/mol. The van der Waals surface area contributed by atoms with Crippen LogP contribution in [0.2, 0.25) is 0 Å². The molecule has 0 aliphatic carbocycles. The minimum Gasteiger partial charge on any atom is -0.340 e. The average molecular weight is 281 g/mol. The number of halogens is 1. The molecule has 0 bridgehead atoms. The lowest BCUT2D eigenvalue weighted by atomic mass is 10.1. The molecular formula is C15H21ClN2O. The summed E-state index contributed by atoms with van der Waals surface area (Å²) < 4.78 is 0. The van der Waals surface area contributed by atoms with Gasteiger partial charge in [0.15, 0.2) is 0 Å². The van der Waals surface area contributed by atoms with Crippen LogP contribution in [0.1, 0.15) is 18.9 Å². The highest BCUT2D eigenvalue weighted by atomic mass is 35.5. The second-order valence-corrected chi connectivity index (χ2v) is 5.46. The number of hydrogen-bond donors (Lipinski definition) is 0. The Morgan fingerprint density at radius 1 is 1.32 bits per heavy atom. The zero-order valence-corrected chi connectivity index (χ0v) is 12.1. The van der Waals surface area contributed by atoms with E-state index in [1.807, 2.05) is 11.0 Å². The third kappa shape index (κ3) is 3.95. The van der Waals surface area contributed by atoms with Crippen molar-refractivity contribution in [2.45, 2.75) is 25.9 Å². The molecule has 1 aromatic carbocycles. The Hall–Kier alpha value is -1.06. The van der Waals surface area contributed by atoms with Gasteiger partial charge in [-0.15, -0.1) is 11.6 Å². The van der Waals surface area contributed by atoms with Gasteiger partial charge in [0.05, 0.1) is 0 Å². The van der Waals surface area contributed by atoms with E-state index in [1.165, 1.54) is 5.56 Å². The number of rotatable bonds is 4. The van der Waals surface area contributed by atoms with Crippen LogP contribution in [0.3, 0.4) is 0 Å². The van der Waals surface area contributed by atoms with Crippen molar-refractivity contribution in [3.8, 4) is 0 Å². The van der Waals surface area contributed by atoms with Gasteiger partial charge in [-0.25, -0.2) is 0 Å². The number of carbonyl (C=O) groups is 1. The van der Waals surface area contributed by atoms with Crippen LogP contribution in [0.15, 0.2) is 30.3 Å². The van der Waals surface area contributed by atoms with E-state index in [2.05, 4.69) is 36.1 Å². The van der Waals surface area contributed by atoms with Gasteiger partial charge in [0.2, 0.25) is 5.91 Å². The summed E-state index contributed by atoms with van der Waals surface area (Å²) in [6, 6.07) is 10.9. The lowest BCUT2D eigenvalue weighted by molar-refractivity contribution is -0.133. The second-order valence-electron chi connectivity index (χ2n) is 5.08. The number of carbonyl (C=O) groups excluding carboxylic acids is 1. The van der Waals surface area contributed by atoms with Crippen molar-refractivity contribution < 1.29 is 4.79 Å². The third-order valence-electron chi connectivity index (χ3n) is 3.65. The molecule has 1 saturated heterocycles. The Kier molecular flexibility index (Phi) is 5.23. The summed E-state index contributed by atoms with van der Waals surface area (Å²) in [4.78, 5) is 16.2. The summed E-state index contributed by atoms with van der Waals surface area (Å²) in [5.41, 5.74) is 1.33. The van der Waals surface area contributed by atoms with Crippen molar-refractivity contribution in [1.82, 2.24) is 9.80 Å². The van der Waals surface area contributed by atoms with E-state index in [9.17, 15) is 4.79 Å². The molecule has 2 rings (SSSR count). The lowest BCUT2D eigenvalue weighted by Crippen LogP contribution is -2.53. The van der Waals surface area contributed by atoms with Crippen LogP contribution in [0.25, 0.3) is 0 Å². The fourth-order valence-electron chi connectivity index (χ4n) is 2.51. The predicted molar refractivity (Wildman–Crippen MR) is 78.2 cm³/mol. The molecule has 0 saturated carbocycles. The first-order valence-electron chi connectivity index (χ1n) is 6.82. The minimum atomic E-state index is 0.182. The van der Waals surface area contributed by atoms with E-state index >= 15 is 0 Å². The second kappa shape index (κ2) is 6.92. The molecule has 0 radical (unpaired) electrons. The maximum atomic E-state index is 11.8. The molecular weight excluding hydrogens is 260 g/mol. The molecule has 1 unspecified atom stereocenters. The average Bonchev–Trinajstić information content (AvgIpc) is 2.42. The fraction of sp³-hybridized carbons (Fsp3) is 0.533. The summed E-state index contributed by atoms with van der Waals surface area (Å²) in [6.45, 7) is 5.70. The quantitative estimate of drug-likeness (QED) is 0.791. The highest BCUT2D eigenvalue weighted by Gasteiger charge is 2.26. The Balaban J connectivity index is 1.88. The molecule has 1 atom stereocenters. The van der Waals surface area contributed by atoms with Crippen LogP contribution in [-0.4, -0.2) is 47.3 Å². The Labute approximate surface area is 120 Å². The maximum Gasteiger partial charge on any atom is 0.223 e. The van der Waals surface area contributed by atoms with E-state index in [4.69, 9.17) is 11.6 Å². The molecule has 104 valence electrons. The molecule has 1 aliphatic heterocycles. The van der Waals surface area contributed by atoms with Gasteiger partial charge in [-0.05, 0) is 12.5 Å². The van der Waals surface area contributed by atoms with Gasteiger partial charge in [-0.1, -0.05) is 30.3 Å². The summed E-state index contributed by atoms with van der Waals surface area (Å²) >= 11 is 5.63. The highest BCUT2D eigenvalue weighted by Crippen LogP contribution is 2.14. The van der Waals surface area contributed by atoms with Crippen LogP contribution in [0, 0.1) is 0 Å². The number of alkyl halides is 1. The van der Waals surface area contributed by atoms with Crippen LogP contribution in [-0.2, 0) is 11.3 Å². The Morgan fingerprint density at radius 2 is 2.05 bits per heavy atom. The van der Waals surface area contributed by atoms with Crippen LogP contribution < -0.4 is 0 Å². The van der Waals surface area contributed by atoms with Gasteiger partial charge in [0.1, 0.15) is 0 Å². The normalized spacial score (nSPS) is 20.5. The molecule has 1 aliphatic rings. The van der Waals surface area contributed by atoms with Crippen LogP contribution in [0.5, 0.6) is 0 Å².